The molecule has 2 atom stereocenters. The Balaban J connectivity index is 0.000000204. The van der Waals surface area contributed by atoms with Crippen LogP contribution in [0.4, 0.5) is 17.6 Å². The zero-order valence-electron chi connectivity index (χ0n) is 40.3. The monoisotopic (exact) mass is 1010 g/mol. The third-order valence-electron chi connectivity index (χ3n) is 13.5. The average Bonchev–Trinajstić information content (AvgIpc) is 3.86. The topological polar surface area (TPSA) is 195 Å². The number of likely N-dealkylation sites (N-methyl/N-ethyl adjacent to an activating group) is 1. The average molecular weight is 1010 g/mol. The van der Waals surface area contributed by atoms with E-state index in [2.05, 4.69) is 9.88 Å². The highest BCUT2D eigenvalue weighted by atomic mass is 32.2. The number of nitrogens with one attached hydrogen (secondary N) is 1. The predicted octanol–water partition coefficient (Wildman–Crippen LogP) is 6.93. The first kappa shape index (κ1) is 52.6. The van der Waals surface area contributed by atoms with Crippen molar-refractivity contribution in [3.63, 3.8) is 0 Å². The summed E-state index contributed by atoms with van der Waals surface area (Å²) in [6, 6.07) is 9.59. The highest BCUT2D eigenvalue weighted by molar-refractivity contribution is 7.89. The van der Waals surface area contributed by atoms with Gasteiger partial charge in [0.05, 0.1) is 51.6 Å². The van der Waals surface area contributed by atoms with Crippen molar-refractivity contribution < 1.29 is 58.6 Å². The lowest BCUT2D eigenvalue weighted by Gasteiger charge is -2.31. The number of hydrogen-bond donors (Lipinski definition) is 2. The van der Waals surface area contributed by atoms with Crippen molar-refractivity contribution in [3.05, 3.63) is 48.0 Å². The Morgan fingerprint density at radius 1 is 0.681 bits per heavy atom. The van der Waals surface area contributed by atoms with Crippen LogP contribution in [0.2, 0.25) is 0 Å². The van der Waals surface area contributed by atoms with Gasteiger partial charge in [-0.15, -0.1) is 0 Å². The number of carboxylic acids is 1. The molecule has 4 fully saturated rings. The molecule has 8 rings (SSSR count). The molecule has 4 aromatic rings. The Kier molecular flexibility index (Phi) is 15.1. The number of ether oxygens (including phenoxy) is 2. The molecule has 2 N–H and O–H groups in total. The number of aliphatic carboxylic acids is 1. The molecule has 2 saturated heterocycles. The van der Waals surface area contributed by atoms with Crippen molar-refractivity contribution >= 4 is 54.0 Å². The van der Waals surface area contributed by atoms with Crippen LogP contribution in [0.1, 0.15) is 105 Å². The number of carbonyl (C=O) groups is 2. The minimum atomic E-state index is -3.94. The van der Waals surface area contributed by atoms with Gasteiger partial charge in [0.25, 0.3) is 0 Å². The van der Waals surface area contributed by atoms with Crippen LogP contribution in [0.5, 0.6) is 0 Å². The van der Waals surface area contributed by atoms with Crippen LogP contribution in [0.3, 0.4) is 0 Å². The number of amides is 1. The number of nitrogens with zero attached hydrogens (tertiary/aromatic N) is 6. The van der Waals surface area contributed by atoms with E-state index in [1.165, 1.54) is 23.5 Å². The van der Waals surface area contributed by atoms with E-state index < -0.39 is 50.1 Å². The van der Waals surface area contributed by atoms with E-state index in [0.29, 0.717) is 49.8 Å². The van der Waals surface area contributed by atoms with Gasteiger partial charge >= 0.3 is 5.97 Å². The van der Waals surface area contributed by atoms with Crippen LogP contribution in [0.15, 0.2) is 46.2 Å². The number of imidazole rings is 2. The second kappa shape index (κ2) is 19.8. The molecule has 382 valence electrons. The Labute approximate surface area is 401 Å². The summed E-state index contributed by atoms with van der Waals surface area (Å²) < 4.78 is 125. The fourth-order valence-corrected chi connectivity index (χ4v) is 12.5. The van der Waals surface area contributed by atoms with Crippen LogP contribution in [0, 0.1) is 11.8 Å². The molecule has 4 aliphatic rings. The summed E-state index contributed by atoms with van der Waals surface area (Å²) in [5.74, 6) is -4.96. The lowest BCUT2D eigenvalue weighted by atomic mass is 9.86. The smallest absolute Gasteiger partial charge is 0.334 e. The molecule has 0 spiro atoms. The number of rotatable bonds is 10. The molecule has 2 aliphatic carbocycles. The second-order valence-electron chi connectivity index (χ2n) is 20.9. The van der Waals surface area contributed by atoms with Gasteiger partial charge in [0.2, 0.25) is 37.8 Å². The predicted molar refractivity (Wildman–Crippen MR) is 249 cm³/mol. The number of aromatic nitrogens is 4. The van der Waals surface area contributed by atoms with E-state index >= 15 is 0 Å². The third kappa shape index (κ3) is 11.8. The number of sulfonamides is 2. The van der Waals surface area contributed by atoms with Gasteiger partial charge in [0.15, 0.2) is 6.10 Å². The zero-order chi connectivity index (χ0) is 50.5. The molecule has 22 heteroatoms. The normalized spacial score (nSPS) is 22.6. The number of halogens is 4. The first-order valence-electron chi connectivity index (χ1n) is 23.5. The summed E-state index contributed by atoms with van der Waals surface area (Å²) in [6.07, 6.45) is -0.734. The van der Waals surface area contributed by atoms with Gasteiger partial charge < -0.3 is 29.0 Å². The van der Waals surface area contributed by atoms with E-state index in [4.69, 9.17) is 19.4 Å². The fourth-order valence-electron chi connectivity index (χ4n) is 9.59. The minimum absolute atomic E-state index is 0.00166. The lowest BCUT2D eigenvalue weighted by Crippen LogP contribution is -2.50. The molecule has 2 aromatic heterocycles. The highest BCUT2D eigenvalue weighted by Crippen LogP contribution is 2.40. The van der Waals surface area contributed by atoms with Gasteiger partial charge in [-0.2, -0.15) is 8.61 Å². The number of fused-ring (bicyclic) bond motifs is 2. The quantitative estimate of drug-likeness (QED) is 0.157. The second-order valence-corrected chi connectivity index (χ2v) is 24.8. The number of alkyl halides is 4. The number of carbonyl (C=O) groups excluding carboxylic acids is 1. The Morgan fingerprint density at radius 3 is 1.42 bits per heavy atom. The number of benzene rings is 2. The van der Waals surface area contributed by atoms with Crippen molar-refractivity contribution in [3.8, 4) is 0 Å². The SMILES string of the molecule is CC(C)(C)c1nc2cc(S(=O)(=O)N3CCOC(C(=O)O)C3)ccc2n1CC1CCC(F)(F)CC1.CNC(=O)[C@H]1CN(S(=O)(=O)c2ccc3c(c2)nc(C(C)(C)C)n3CC2CCC(F)(F)CC2)CCO1. The first-order valence-corrected chi connectivity index (χ1v) is 26.4. The molecule has 69 heavy (non-hydrogen) atoms. The lowest BCUT2D eigenvalue weighted by molar-refractivity contribution is -0.153. The molecule has 1 amide bonds. The van der Waals surface area contributed by atoms with Crippen LogP contribution in [-0.2, 0) is 63.0 Å². The van der Waals surface area contributed by atoms with Gasteiger partial charge in [0, 0.05) is 76.3 Å². The number of carboxylic acid groups (broad SMARTS) is 1. The summed E-state index contributed by atoms with van der Waals surface area (Å²) in [5, 5.41) is 11.7. The molecule has 1 unspecified atom stereocenters. The Bertz CT molecular complexity index is 2750. The maximum absolute atomic E-state index is 13.7. The van der Waals surface area contributed by atoms with E-state index in [0.717, 1.165) is 27.0 Å². The molecule has 0 bridgehead atoms. The van der Waals surface area contributed by atoms with E-state index in [9.17, 15) is 49.1 Å². The summed E-state index contributed by atoms with van der Waals surface area (Å²) in [7, 11) is -6.33. The largest absolute Gasteiger partial charge is 0.479 e. The Morgan fingerprint density at radius 2 is 1.06 bits per heavy atom. The zero-order valence-corrected chi connectivity index (χ0v) is 41.9. The van der Waals surface area contributed by atoms with Crippen LogP contribution in [-0.4, -0.2) is 132 Å². The summed E-state index contributed by atoms with van der Waals surface area (Å²) in [5.41, 5.74) is 1.95. The van der Waals surface area contributed by atoms with Crippen LogP contribution in [0.25, 0.3) is 22.1 Å². The van der Waals surface area contributed by atoms with Crippen LogP contribution >= 0.6 is 0 Å². The number of hydrogen-bond acceptors (Lipinski definition) is 10. The van der Waals surface area contributed by atoms with Crippen molar-refractivity contribution in [2.45, 2.75) is 151 Å². The van der Waals surface area contributed by atoms with Gasteiger partial charge in [-0.05, 0) is 73.9 Å². The molecule has 0 radical (unpaired) electrons. The molecule has 2 aliphatic heterocycles. The molecule has 16 nitrogen and oxygen atoms in total. The molecule has 4 heterocycles. The van der Waals surface area contributed by atoms with Gasteiger partial charge in [-0.1, -0.05) is 41.5 Å². The number of morpholine rings is 2. The fraction of sp³-hybridized carbons (Fsp3) is 0.660. The van der Waals surface area contributed by atoms with E-state index in [-0.39, 0.29) is 103 Å². The van der Waals surface area contributed by atoms with Crippen molar-refractivity contribution in [1.29, 1.82) is 0 Å². The van der Waals surface area contributed by atoms with E-state index in [1.807, 2.05) is 46.1 Å². The molecule has 2 saturated carbocycles. The van der Waals surface area contributed by atoms with Crippen molar-refractivity contribution in [2.24, 2.45) is 11.8 Å². The molecule has 2 aromatic carbocycles. The standard InChI is InChI=1S/C24H34F2N4O4S.C23H31F2N3O5S/c1-23(2,3)22-28-18-13-17(35(32,33)29-11-12-34-20(15-29)21(31)27-4)5-6-19(18)30(22)14-16-7-9-24(25,26)10-8-16;1-22(2,3)21-26-17-12-16(34(31,32)27-10-11-33-19(14-27)20(29)30)4-5-18(17)28(21)13-15-6-8-23(24,25)9-7-15/h5-6,13,16,20H,7-12,14-15H2,1-4H3,(H,27,31);4-5,12,15,19H,6-11,13-14H2,1-3H3,(H,29,30)/t20-;/m1./s1. The summed E-state index contributed by atoms with van der Waals surface area (Å²) in [6.45, 7) is 13.3. The van der Waals surface area contributed by atoms with Gasteiger partial charge in [0.1, 0.15) is 17.8 Å². The minimum Gasteiger partial charge on any atom is -0.479 e. The first-order chi connectivity index (χ1) is 32.1. The van der Waals surface area contributed by atoms with Gasteiger partial charge in [-0.25, -0.2) is 49.2 Å². The van der Waals surface area contributed by atoms with Crippen molar-refractivity contribution in [2.75, 3.05) is 46.4 Å². The Hall–Kier alpha value is -4.22. The third-order valence-corrected chi connectivity index (χ3v) is 17.2. The maximum Gasteiger partial charge on any atom is 0.334 e. The summed E-state index contributed by atoms with van der Waals surface area (Å²) >= 11 is 0. The van der Waals surface area contributed by atoms with Gasteiger partial charge in [-0.3, -0.25) is 4.79 Å². The van der Waals surface area contributed by atoms with E-state index in [1.54, 1.807) is 24.3 Å². The summed E-state index contributed by atoms with van der Waals surface area (Å²) in [4.78, 5) is 32.9. The maximum atomic E-state index is 13.7. The highest BCUT2D eigenvalue weighted by Gasteiger charge is 2.39. The van der Waals surface area contributed by atoms with Crippen molar-refractivity contribution in [1.82, 2.24) is 33.0 Å². The van der Waals surface area contributed by atoms with Crippen LogP contribution < -0.4 is 5.32 Å². The molecular formula is C47H65F4N7O9S2. The molecular weight excluding hydrogens is 947 g/mol.